The molecule has 0 saturated carbocycles. The van der Waals surface area contributed by atoms with E-state index in [1.807, 2.05) is 60.7 Å². The maximum atomic E-state index is 13.3. The molecule has 9 heteroatoms. The standard InChI is InChI=1S/C29H37N3O6/c1-29(2,3)38-27(35)30-23(18-21-12-7-5-8-13-21)25(33)19-31(4)28(36)32-17-11-16-24(32)26(34)37-20-22-14-9-6-10-15-22/h5-10,12-15,23-24H,11,16-20H2,1-4H3,(H,30,35)/t23-,24-/m0/s1. The number of nitrogens with zero attached hydrogens (tertiary/aromatic N) is 2. The van der Waals surface area contributed by atoms with Crippen LogP contribution in [0, 0.1) is 0 Å². The van der Waals surface area contributed by atoms with Gasteiger partial charge in [0.15, 0.2) is 5.78 Å². The number of benzene rings is 2. The highest BCUT2D eigenvalue weighted by atomic mass is 16.6. The third-order valence-corrected chi connectivity index (χ3v) is 6.08. The number of nitrogens with one attached hydrogen (secondary N) is 1. The predicted molar refractivity (Wildman–Crippen MR) is 142 cm³/mol. The third kappa shape index (κ3) is 8.61. The number of carbonyl (C=O) groups is 4. The van der Waals surface area contributed by atoms with Crippen LogP contribution in [0.2, 0.25) is 0 Å². The lowest BCUT2D eigenvalue weighted by atomic mass is 10.0. The van der Waals surface area contributed by atoms with Crippen molar-refractivity contribution in [3.8, 4) is 0 Å². The Kier molecular flexibility index (Phi) is 9.87. The van der Waals surface area contributed by atoms with Crippen LogP contribution in [0.1, 0.15) is 44.7 Å². The van der Waals surface area contributed by atoms with Gasteiger partial charge in [0.05, 0.1) is 12.6 Å². The third-order valence-electron chi connectivity index (χ3n) is 6.08. The van der Waals surface area contributed by atoms with Gasteiger partial charge in [-0.15, -0.1) is 0 Å². The van der Waals surface area contributed by atoms with Crippen LogP contribution in [-0.2, 0) is 32.1 Å². The molecule has 1 aliphatic rings. The molecular weight excluding hydrogens is 486 g/mol. The molecule has 0 spiro atoms. The Bertz CT molecular complexity index is 1100. The largest absolute Gasteiger partial charge is 0.459 e. The Labute approximate surface area is 224 Å². The zero-order valence-corrected chi connectivity index (χ0v) is 22.5. The fraction of sp³-hybridized carbons (Fsp3) is 0.448. The number of rotatable bonds is 9. The topological polar surface area (TPSA) is 105 Å². The summed E-state index contributed by atoms with van der Waals surface area (Å²) in [6.07, 6.45) is 0.702. The molecule has 1 fully saturated rings. The first-order valence-corrected chi connectivity index (χ1v) is 12.8. The van der Waals surface area contributed by atoms with E-state index in [9.17, 15) is 19.2 Å². The molecule has 38 heavy (non-hydrogen) atoms. The van der Waals surface area contributed by atoms with Crippen molar-refractivity contribution < 1.29 is 28.7 Å². The average Bonchev–Trinajstić information content (AvgIpc) is 3.36. The van der Waals surface area contributed by atoms with E-state index in [1.54, 1.807) is 20.8 Å². The van der Waals surface area contributed by atoms with Crippen LogP contribution in [0.4, 0.5) is 9.59 Å². The van der Waals surface area contributed by atoms with E-state index < -0.39 is 35.8 Å². The molecule has 2 aromatic carbocycles. The van der Waals surface area contributed by atoms with E-state index in [2.05, 4.69) is 5.32 Å². The van der Waals surface area contributed by atoms with Gasteiger partial charge in [-0.05, 0) is 51.2 Å². The van der Waals surface area contributed by atoms with E-state index >= 15 is 0 Å². The van der Waals surface area contributed by atoms with Crippen LogP contribution >= 0.6 is 0 Å². The maximum Gasteiger partial charge on any atom is 0.408 e. The molecule has 0 unspecified atom stereocenters. The second-order valence-corrected chi connectivity index (χ2v) is 10.4. The second kappa shape index (κ2) is 13.1. The number of ketones is 1. The summed E-state index contributed by atoms with van der Waals surface area (Å²) in [6.45, 7) is 5.50. The minimum Gasteiger partial charge on any atom is -0.459 e. The molecule has 3 rings (SSSR count). The summed E-state index contributed by atoms with van der Waals surface area (Å²) in [4.78, 5) is 54.5. The molecule has 2 aromatic rings. The first-order valence-electron chi connectivity index (χ1n) is 12.8. The van der Waals surface area contributed by atoms with E-state index in [-0.39, 0.29) is 25.4 Å². The summed E-state index contributed by atoms with van der Waals surface area (Å²) >= 11 is 0. The zero-order chi connectivity index (χ0) is 27.7. The molecule has 0 aromatic heterocycles. The summed E-state index contributed by atoms with van der Waals surface area (Å²) in [7, 11) is 1.51. The molecule has 1 saturated heterocycles. The van der Waals surface area contributed by atoms with Crippen molar-refractivity contribution in [3.63, 3.8) is 0 Å². The molecule has 2 atom stereocenters. The Morgan fingerprint density at radius 1 is 1.00 bits per heavy atom. The summed E-state index contributed by atoms with van der Waals surface area (Å²) in [5.41, 5.74) is 0.995. The number of amides is 3. The van der Waals surface area contributed by atoms with Crippen LogP contribution in [0.3, 0.4) is 0 Å². The summed E-state index contributed by atoms with van der Waals surface area (Å²) < 4.78 is 10.8. The number of urea groups is 1. The number of carbonyl (C=O) groups excluding carboxylic acids is 4. The summed E-state index contributed by atoms with van der Waals surface area (Å²) in [5.74, 6) is -0.814. The normalized spacial score (nSPS) is 15.9. The van der Waals surface area contributed by atoms with E-state index in [0.29, 0.717) is 19.4 Å². The van der Waals surface area contributed by atoms with Crippen molar-refractivity contribution >= 4 is 23.9 Å². The fourth-order valence-electron chi connectivity index (χ4n) is 4.24. The van der Waals surface area contributed by atoms with Crippen molar-refractivity contribution in [2.24, 2.45) is 0 Å². The van der Waals surface area contributed by atoms with Gasteiger partial charge in [0, 0.05) is 13.6 Å². The van der Waals surface area contributed by atoms with Gasteiger partial charge in [-0.3, -0.25) is 4.79 Å². The first-order chi connectivity index (χ1) is 18.0. The van der Waals surface area contributed by atoms with Gasteiger partial charge >= 0.3 is 18.1 Å². The van der Waals surface area contributed by atoms with Crippen LogP contribution in [0.15, 0.2) is 60.7 Å². The molecule has 1 aliphatic heterocycles. The number of Topliss-reactive ketones (excluding diaryl/α,β-unsaturated/α-hetero) is 1. The quantitative estimate of drug-likeness (QED) is 0.499. The van der Waals surface area contributed by atoms with Crippen LogP contribution in [-0.4, -0.2) is 71.5 Å². The minimum absolute atomic E-state index is 0.129. The van der Waals surface area contributed by atoms with E-state index in [0.717, 1.165) is 11.1 Å². The van der Waals surface area contributed by atoms with Crippen LogP contribution in [0.5, 0.6) is 0 Å². The van der Waals surface area contributed by atoms with Crippen LogP contribution < -0.4 is 5.32 Å². The highest BCUT2D eigenvalue weighted by Gasteiger charge is 2.37. The zero-order valence-electron chi connectivity index (χ0n) is 22.5. The maximum absolute atomic E-state index is 13.3. The lowest BCUT2D eigenvalue weighted by Gasteiger charge is -2.29. The molecule has 0 radical (unpaired) electrons. The number of alkyl carbamates (subject to hydrolysis) is 1. The lowest BCUT2D eigenvalue weighted by Crippen LogP contribution is -2.52. The van der Waals surface area contributed by atoms with Gasteiger partial charge in [-0.2, -0.15) is 0 Å². The molecule has 3 amide bonds. The number of esters is 1. The highest BCUT2D eigenvalue weighted by molar-refractivity contribution is 5.92. The molecular formula is C29H37N3O6. The molecule has 0 aliphatic carbocycles. The molecule has 1 N–H and O–H groups in total. The van der Waals surface area contributed by atoms with Gasteiger partial charge in [-0.25, -0.2) is 14.4 Å². The first kappa shape index (κ1) is 28.7. The van der Waals surface area contributed by atoms with Crippen molar-refractivity contribution in [2.45, 2.75) is 64.3 Å². The second-order valence-electron chi connectivity index (χ2n) is 10.4. The lowest BCUT2D eigenvalue weighted by molar-refractivity contribution is -0.149. The number of likely N-dealkylation sites (tertiary alicyclic amines) is 1. The molecule has 1 heterocycles. The van der Waals surface area contributed by atoms with Gasteiger partial charge in [0.2, 0.25) is 0 Å². The van der Waals surface area contributed by atoms with E-state index in [1.165, 1.54) is 16.8 Å². The summed E-state index contributed by atoms with van der Waals surface area (Å²) in [5, 5.41) is 2.66. The average molecular weight is 524 g/mol. The Morgan fingerprint density at radius 2 is 1.61 bits per heavy atom. The van der Waals surface area contributed by atoms with Gasteiger partial charge < -0.3 is 24.6 Å². The fourth-order valence-corrected chi connectivity index (χ4v) is 4.24. The van der Waals surface area contributed by atoms with Gasteiger partial charge in [-0.1, -0.05) is 60.7 Å². The predicted octanol–water partition coefficient (Wildman–Crippen LogP) is 3.95. The SMILES string of the molecule is CN(CC(=O)[C@H](Cc1ccccc1)NC(=O)OC(C)(C)C)C(=O)N1CCC[C@H]1C(=O)OCc1ccccc1. The number of likely N-dealkylation sites (N-methyl/N-ethyl adjacent to an activating group) is 1. The van der Waals surface area contributed by atoms with Crippen molar-refractivity contribution in [3.05, 3.63) is 71.8 Å². The number of hydrogen-bond acceptors (Lipinski definition) is 6. The minimum atomic E-state index is -0.896. The van der Waals surface area contributed by atoms with Gasteiger partial charge in [0.25, 0.3) is 0 Å². The smallest absolute Gasteiger partial charge is 0.408 e. The summed E-state index contributed by atoms with van der Waals surface area (Å²) in [6, 6.07) is 16.6. The Hall–Kier alpha value is -3.88. The number of hydrogen-bond donors (Lipinski definition) is 1. The Morgan fingerprint density at radius 3 is 2.21 bits per heavy atom. The van der Waals surface area contributed by atoms with Crippen molar-refractivity contribution in [1.29, 1.82) is 0 Å². The van der Waals surface area contributed by atoms with Crippen LogP contribution in [0.25, 0.3) is 0 Å². The van der Waals surface area contributed by atoms with Crippen molar-refractivity contribution in [1.82, 2.24) is 15.1 Å². The number of ether oxygens (including phenoxy) is 2. The van der Waals surface area contributed by atoms with Crippen molar-refractivity contribution in [2.75, 3.05) is 20.1 Å². The molecule has 0 bridgehead atoms. The monoisotopic (exact) mass is 523 g/mol. The van der Waals surface area contributed by atoms with Gasteiger partial charge in [0.1, 0.15) is 18.2 Å². The highest BCUT2D eigenvalue weighted by Crippen LogP contribution is 2.21. The van der Waals surface area contributed by atoms with E-state index in [4.69, 9.17) is 9.47 Å². The Balaban J connectivity index is 1.63. The molecule has 204 valence electrons. The molecule has 9 nitrogen and oxygen atoms in total.